The molecule has 2 amide bonds. The van der Waals surface area contributed by atoms with Crippen LogP contribution in [0, 0.1) is 0 Å². The maximum Gasteiger partial charge on any atom is 0.321 e. The quantitative estimate of drug-likeness (QED) is 0.360. The van der Waals surface area contributed by atoms with E-state index in [9.17, 15) is 4.79 Å². The van der Waals surface area contributed by atoms with Crippen molar-refractivity contribution >= 4 is 40.9 Å². The molecule has 1 rings (SSSR count). The summed E-state index contributed by atoms with van der Waals surface area (Å²) in [6.07, 6.45) is 7.01. The number of guanidine groups is 1. The fraction of sp³-hybridized carbons (Fsp3) is 0.500. The monoisotopic (exact) mass is 358 g/mol. The van der Waals surface area contributed by atoms with Crippen LogP contribution in [0.2, 0.25) is 10.0 Å². The molecule has 0 unspecified atom stereocenters. The van der Waals surface area contributed by atoms with E-state index in [4.69, 9.17) is 28.9 Å². The summed E-state index contributed by atoms with van der Waals surface area (Å²) < 4.78 is 0. The molecule has 0 aliphatic carbocycles. The van der Waals surface area contributed by atoms with E-state index in [-0.39, 0.29) is 12.0 Å². The SMILES string of the molecule is CCCCCCCCNC(=O)NC(N)=Nc1c(Cl)cccc1Cl. The smallest absolute Gasteiger partial charge is 0.321 e. The van der Waals surface area contributed by atoms with E-state index in [1.807, 2.05) is 0 Å². The van der Waals surface area contributed by atoms with Crippen LogP contribution in [-0.2, 0) is 0 Å². The maximum atomic E-state index is 11.7. The van der Waals surface area contributed by atoms with Gasteiger partial charge in [0.1, 0.15) is 5.69 Å². The molecular formula is C16H24Cl2N4O. The summed E-state index contributed by atoms with van der Waals surface area (Å²) in [5.41, 5.74) is 6.03. The Balaban J connectivity index is 2.32. The number of nitrogens with zero attached hydrogens (tertiary/aromatic N) is 1. The first-order chi connectivity index (χ1) is 11.0. The lowest BCUT2D eigenvalue weighted by atomic mass is 10.1. The number of benzene rings is 1. The van der Waals surface area contributed by atoms with Crippen molar-refractivity contribution in [1.29, 1.82) is 0 Å². The molecule has 7 heteroatoms. The molecule has 0 radical (unpaired) electrons. The first-order valence-electron chi connectivity index (χ1n) is 7.87. The first kappa shape index (κ1) is 19.6. The zero-order valence-corrected chi connectivity index (χ0v) is 14.9. The number of halogens is 2. The number of rotatable bonds is 8. The van der Waals surface area contributed by atoms with Crippen molar-refractivity contribution in [2.45, 2.75) is 45.4 Å². The van der Waals surface area contributed by atoms with Crippen molar-refractivity contribution in [3.63, 3.8) is 0 Å². The van der Waals surface area contributed by atoms with Gasteiger partial charge in [0, 0.05) is 6.54 Å². The maximum absolute atomic E-state index is 11.7. The van der Waals surface area contributed by atoms with Crippen LogP contribution < -0.4 is 16.4 Å². The van der Waals surface area contributed by atoms with Gasteiger partial charge >= 0.3 is 6.03 Å². The molecule has 0 aliphatic heterocycles. The number of unbranched alkanes of at least 4 members (excludes halogenated alkanes) is 5. The molecule has 0 atom stereocenters. The molecule has 0 saturated heterocycles. The largest absolute Gasteiger partial charge is 0.369 e. The van der Waals surface area contributed by atoms with Crippen LogP contribution in [-0.4, -0.2) is 18.5 Å². The zero-order valence-electron chi connectivity index (χ0n) is 13.4. The van der Waals surface area contributed by atoms with Gasteiger partial charge in [0.05, 0.1) is 10.0 Å². The predicted molar refractivity (Wildman–Crippen MR) is 97.7 cm³/mol. The molecule has 0 saturated carbocycles. The minimum atomic E-state index is -0.386. The van der Waals surface area contributed by atoms with Crippen LogP contribution in [0.15, 0.2) is 23.2 Å². The Morgan fingerprint density at radius 3 is 2.39 bits per heavy atom. The average Bonchev–Trinajstić information content (AvgIpc) is 2.50. The minimum absolute atomic E-state index is 0.0551. The van der Waals surface area contributed by atoms with Crippen molar-refractivity contribution in [2.75, 3.05) is 6.54 Å². The third kappa shape index (κ3) is 8.09. The second-order valence-corrected chi connectivity index (χ2v) is 6.03. The number of hydrogen-bond donors (Lipinski definition) is 3. The van der Waals surface area contributed by atoms with Crippen LogP contribution in [0.3, 0.4) is 0 Å². The van der Waals surface area contributed by atoms with Crippen LogP contribution in [0.25, 0.3) is 0 Å². The molecule has 1 aromatic rings. The molecule has 0 spiro atoms. The van der Waals surface area contributed by atoms with E-state index in [0.29, 0.717) is 22.3 Å². The number of para-hydroxylation sites is 1. The highest BCUT2D eigenvalue weighted by Gasteiger charge is 2.07. The summed E-state index contributed by atoms with van der Waals surface area (Å²) in [6, 6.07) is 4.62. The third-order valence-corrected chi connectivity index (χ3v) is 3.84. The molecule has 128 valence electrons. The lowest BCUT2D eigenvalue weighted by Crippen LogP contribution is -2.43. The molecule has 0 fully saturated rings. The molecule has 0 aromatic heterocycles. The Labute approximate surface area is 147 Å². The van der Waals surface area contributed by atoms with E-state index in [1.54, 1.807) is 18.2 Å². The molecule has 0 bridgehead atoms. The topological polar surface area (TPSA) is 79.5 Å². The summed E-state index contributed by atoms with van der Waals surface area (Å²) in [5, 5.41) is 5.94. The second kappa shape index (κ2) is 11.1. The molecule has 1 aromatic carbocycles. The lowest BCUT2D eigenvalue weighted by Gasteiger charge is -2.08. The Hall–Kier alpha value is -1.46. The van der Waals surface area contributed by atoms with Gasteiger partial charge in [-0.25, -0.2) is 9.79 Å². The number of amides is 2. The number of carbonyl (C=O) groups excluding carboxylic acids is 1. The zero-order chi connectivity index (χ0) is 17.1. The van der Waals surface area contributed by atoms with Crippen LogP contribution in [0.5, 0.6) is 0 Å². The summed E-state index contributed by atoms with van der Waals surface area (Å²) in [4.78, 5) is 15.7. The Morgan fingerprint density at radius 1 is 1.13 bits per heavy atom. The fourth-order valence-corrected chi connectivity index (χ4v) is 2.49. The van der Waals surface area contributed by atoms with Crippen LogP contribution in [0.4, 0.5) is 10.5 Å². The first-order valence-corrected chi connectivity index (χ1v) is 8.63. The van der Waals surface area contributed by atoms with Crippen LogP contribution >= 0.6 is 23.2 Å². The highest BCUT2D eigenvalue weighted by Crippen LogP contribution is 2.32. The van der Waals surface area contributed by atoms with Crippen molar-refractivity contribution in [2.24, 2.45) is 10.7 Å². The molecular weight excluding hydrogens is 335 g/mol. The summed E-state index contributed by atoms with van der Waals surface area (Å²) in [6.45, 7) is 2.80. The normalized spacial score (nSPS) is 11.3. The fourth-order valence-electron chi connectivity index (χ4n) is 2.01. The van der Waals surface area contributed by atoms with Gasteiger partial charge in [-0.2, -0.15) is 0 Å². The lowest BCUT2D eigenvalue weighted by molar-refractivity contribution is 0.245. The van der Waals surface area contributed by atoms with Gasteiger partial charge in [0.15, 0.2) is 0 Å². The molecule has 5 nitrogen and oxygen atoms in total. The minimum Gasteiger partial charge on any atom is -0.369 e. The highest BCUT2D eigenvalue weighted by molar-refractivity contribution is 6.38. The number of urea groups is 1. The highest BCUT2D eigenvalue weighted by atomic mass is 35.5. The standard InChI is InChI=1S/C16H24Cl2N4O/c1-2-3-4-5-6-7-11-20-16(23)22-15(19)21-14-12(17)9-8-10-13(14)18/h8-10H,2-7,11H2,1H3,(H4,19,20,21,22,23). The Morgan fingerprint density at radius 2 is 1.74 bits per heavy atom. The van der Waals surface area contributed by atoms with Crippen molar-refractivity contribution < 1.29 is 4.79 Å². The number of nitrogens with two attached hydrogens (primary N) is 1. The second-order valence-electron chi connectivity index (χ2n) is 5.22. The summed E-state index contributed by atoms with van der Waals surface area (Å²) in [7, 11) is 0. The van der Waals surface area contributed by atoms with Crippen LogP contribution in [0.1, 0.15) is 45.4 Å². The van der Waals surface area contributed by atoms with Gasteiger partial charge < -0.3 is 11.1 Å². The number of carbonyl (C=O) groups is 1. The van der Waals surface area contributed by atoms with E-state index in [2.05, 4.69) is 22.5 Å². The number of nitrogens with one attached hydrogen (secondary N) is 2. The van der Waals surface area contributed by atoms with Crippen molar-refractivity contribution in [3.05, 3.63) is 28.2 Å². The van der Waals surface area contributed by atoms with Gasteiger partial charge in [-0.3, -0.25) is 5.32 Å². The van der Waals surface area contributed by atoms with Gasteiger partial charge in [-0.1, -0.05) is 68.3 Å². The summed E-state index contributed by atoms with van der Waals surface area (Å²) in [5.74, 6) is -0.0551. The van der Waals surface area contributed by atoms with E-state index < -0.39 is 0 Å². The number of hydrogen-bond acceptors (Lipinski definition) is 2. The Bertz CT molecular complexity index is 515. The number of aliphatic imine (C=N–C) groups is 1. The molecule has 0 heterocycles. The predicted octanol–water partition coefficient (Wildman–Crippen LogP) is 4.60. The van der Waals surface area contributed by atoms with E-state index in [1.165, 1.54) is 25.7 Å². The van der Waals surface area contributed by atoms with Gasteiger partial charge in [0.2, 0.25) is 5.96 Å². The Kier molecular flexibility index (Phi) is 9.48. The van der Waals surface area contributed by atoms with Crippen molar-refractivity contribution in [1.82, 2.24) is 10.6 Å². The molecule has 0 aliphatic rings. The molecule has 4 N–H and O–H groups in total. The van der Waals surface area contributed by atoms with E-state index >= 15 is 0 Å². The van der Waals surface area contributed by atoms with Gasteiger partial charge in [-0.15, -0.1) is 0 Å². The third-order valence-electron chi connectivity index (χ3n) is 3.23. The molecule has 23 heavy (non-hydrogen) atoms. The van der Waals surface area contributed by atoms with Crippen molar-refractivity contribution in [3.8, 4) is 0 Å². The van der Waals surface area contributed by atoms with Gasteiger partial charge in [-0.05, 0) is 18.6 Å². The summed E-state index contributed by atoms with van der Waals surface area (Å²) >= 11 is 12.0. The van der Waals surface area contributed by atoms with E-state index in [0.717, 1.165) is 12.8 Å². The average molecular weight is 359 g/mol. The van der Waals surface area contributed by atoms with Gasteiger partial charge in [0.25, 0.3) is 0 Å².